The minimum Gasteiger partial charge on any atom is -0.394 e. The number of hydrogen-bond donors (Lipinski definition) is 3. The summed E-state index contributed by atoms with van der Waals surface area (Å²) in [4.78, 5) is 13.6. The van der Waals surface area contributed by atoms with Crippen molar-refractivity contribution in [3.05, 3.63) is 32.7 Å². The van der Waals surface area contributed by atoms with E-state index in [0.717, 1.165) is 4.47 Å². The molecule has 4 N–H and O–H groups in total. The largest absolute Gasteiger partial charge is 0.394 e. The van der Waals surface area contributed by atoms with E-state index in [1.807, 2.05) is 0 Å². The van der Waals surface area contributed by atoms with Crippen molar-refractivity contribution >= 4 is 15.9 Å². The van der Waals surface area contributed by atoms with Crippen LogP contribution >= 0.6 is 15.9 Å². The normalized spacial score (nSPS) is 12.9. The summed E-state index contributed by atoms with van der Waals surface area (Å²) in [5.41, 5.74) is 5.59. The Bertz CT molecular complexity index is 323. The molecule has 12 heavy (non-hydrogen) atoms. The van der Waals surface area contributed by atoms with Crippen molar-refractivity contribution in [2.45, 2.75) is 6.04 Å². The second kappa shape index (κ2) is 3.84. The van der Waals surface area contributed by atoms with Gasteiger partial charge in [-0.2, -0.15) is 0 Å². The predicted octanol–water partition coefficient (Wildman–Crippen LogP) is 0.129. The molecular formula is C7H9BrN2O2. The zero-order valence-electron chi connectivity index (χ0n) is 6.25. The van der Waals surface area contributed by atoms with Crippen LogP contribution in [0.3, 0.4) is 0 Å². The highest BCUT2D eigenvalue weighted by atomic mass is 79.9. The quantitative estimate of drug-likeness (QED) is 0.679. The fourth-order valence-corrected chi connectivity index (χ4v) is 1.21. The van der Waals surface area contributed by atoms with Crippen molar-refractivity contribution < 1.29 is 5.11 Å². The molecule has 4 nitrogen and oxygen atoms in total. The summed E-state index contributed by atoms with van der Waals surface area (Å²) in [5, 5.41) is 8.71. The van der Waals surface area contributed by atoms with Crippen LogP contribution in [0.1, 0.15) is 11.6 Å². The summed E-state index contributed by atoms with van der Waals surface area (Å²) < 4.78 is 0.737. The monoisotopic (exact) mass is 232 g/mol. The van der Waals surface area contributed by atoms with Gasteiger partial charge in [-0.3, -0.25) is 4.79 Å². The van der Waals surface area contributed by atoms with Crippen molar-refractivity contribution in [3.8, 4) is 0 Å². The van der Waals surface area contributed by atoms with Crippen LogP contribution in [0.25, 0.3) is 0 Å². The molecule has 0 bridgehead atoms. The fraction of sp³-hybridized carbons (Fsp3) is 0.286. The summed E-state index contributed by atoms with van der Waals surface area (Å²) in [6.45, 7) is -0.237. The van der Waals surface area contributed by atoms with Crippen LogP contribution in [0.4, 0.5) is 0 Å². The van der Waals surface area contributed by atoms with E-state index in [4.69, 9.17) is 10.8 Å². The Balaban J connectivity index is 3.13. The minimum absolute atomic E-state index is 0.237. The first-order chi connectivity index (χ1) is 5.65. The summed E-state index contributed by atoms with van der Waals surface area (Å²) in [7, 11) is 0. The molecule has 1 heterocycles. The number of aromatic amines is 1. The van der Waals surface area contributed by atoms with Crippen LogP contribution in [0.2, 0.25) is 0 Å². The molecule has 0 aliphatic carbocycles. The van der Waals surface area contributed by atoms with E-state index in [1.54, 1.807) is 6.07 Å². The molecular weight excluding hydrogens is 224 g/mol. The Kier molecular flexibility index (Phi) is 3.02. The topological polar surface area (TPSA) is 79.1 Å². The third-order valence-corrected chi connectivity index (χ3v) is 1.95. The van der Waals surface area contributed by atoms with E-state index in [-0.39, 0.29) is 12.2 Å². The van der Waals surface area contributed by atoms with E-state index in [2.05, 4.69) is 20.9 Å². The van der Waals surface area contributed by atoms with Gasteiger partial charge in [0.2, 0.25) is 0 Å². The molecule has 0 aliphatic rings. The molecule has 5 heteroatoms. The lowest BCUT2D eigenvalue weighted by Gasteiger charge is -2.06. The van der Waals surface area contributed by atoms with E-state index in [9.17, 15) is 4.79 Å². The van der Waals surface area contributed by atoms with E-state index < -0.39 is 6.04 Å². The van der Waals surface area contributed by atoms with Crippen LogP contribution in [0, 0.1) is 0 Å². The summed E-state index contributed by atoms with van der Waals surface area (Å²) in [5.74, 6) is 0. The number of halogens is 1. The zero-order chi connectivity index (χ0) is 9.14. The number of rotatable bonds is 2. The molecule has 1 rings (SSSR count). The first-order valence-corrected chi connectivity index (χ1v) is 4.19. The van der Waals surface area contributed by atoms with Gasteiger partial charge in [-0.1, -0.05) is 0 Å². The fourth-order valence-electron chi connectivity index (χ4n) is 0.847. The lowest BCUT2D eigenvalue weighted by molar-refractivity contribution is 0.267. The lowest BCUT2D eigenvalue weighted by Crippen LogP contribution is -2.23. The van der Waals surface area contributed by atoms with Crippen LogP contribution in [-0.4, -0.2) is 16.7 Å². The van der Waals surface area contributed by atoms with E-state index >= 15 is 0 Å². The maximum Gasteiger partial charge on any atom is 0.252 e. The van der Waals surface area contributed by atoms with Gasteiger partial charge in [0.1, 0.15) is 0 Å². The van der Waals surface area contributed by atoms with Crippen LogP contribution in [-0.2, 0) is 0 Å². The van der Waals surface area contributed by atoms with Gasteiger partial charge < -0.3 is 15.8 Å². The number of H-pyrrole nitrogens is 1. The maximum absolute atomic E-state index is 11.1. The van der Waals surface area contributed by atoms with Gasteiger partial charge in [0.15, 0.2) is 0 Å². The molecule has 1 aromatic rings. The first kappa shape index (κ1) is 9.44. The molecule has 0 fully saturated rings. The molecule has 1 aromatic heterocycles. The molecule has 0 saturated carbocycles. The minimum atomic E-state index is -0.619. The summed E-state index contributed by atoms with van der Waals surface area (Å²) in [6.07, 6.45) is 1.52. The Labute approximate surface area is 77.5 Å². The van der Waals surface area contributed by atoms with Crippen LogP contribution < -0.4 is 11.3 Å². The number of nitrogens with two attached hydrogens (primary N) is 1. The van der Waals surface area contributed by atoms with Crippen molar-refractivity contribution in [2.24, 2.45) is 5.73 Å². The molecule has 0 aliphatic heterocycles. The molecule has 0 unspecified atom stereocenters. The second-order valence-electron chi connectivity index (χ2n) is 2.39. The number of aromatic nitrogens is 1. The summed E-state index contributed by atoms with van der Waals surface area (Å²) in [6, 6.07) is 0.978. The Morgan fingerprint density at radius 2 is 2.42 bits per heavy atom. The second-order valence-corrected chi connectivity index (χ2v) is 3.31. The zero-order valence-corrected chi connectivity index (χ0v) is 7.84. The Hall–Kier alpha value is -0.650. The molecule has 0 aromatic carbocycles. The van der Waals surface area contributed by atoms with Gasteiger partial charge in [0.25, 0.3) is 5.56 Å². The molecule has 0 saturated heterocycles. The van der Waals surface area contributed by atoms with Crippen molar-refractivity contribution in [1.29, 1.82) is 0 Å². The number of pyridine rings is 1. The van der Waals surface area contributed by atoms with Gasteiger partial charge in [-0.25, -0.2) is 0 Å². The van der Waals surface area contributed by atoms with Gasteiger partial charge in [0.05, 0.1) is 12.6 Å². The smallest absolute Gasteiger partial charge is 0.252 e. The highest BCUT2D eigenvalue weighted by molar-refractivity contribution is 9.10. The summed E-state index contributed by atoms with van der Waals surface area (Å²) >= 11 is 3.19. The average Bonchev–Trinajstić information content (AvgIpc) is 2.08. The SMILES string of the molecule is N[C@H](CO)c1cc(Br)c[nH]c1=O. The number of aliphatic hydroxyl groups excluding tert-OH is 1. The van der Waals surface area contributed by atoms with Gasteiger partial charge in [0, 0.05) is 16.2 Å². The van der Waals surface area contributed by atoms with Crippen LogP contribution in [0.15, 0.2) is 21.5 Å². The van der Waals surface area contributed by atoms with Crippen molar-refractivity contribution in [1.82, 2.24) is 4.98 Å². The third kappa shape index (κ3) is 1.94. The average molecular weight is 233 g/mol. The Morgan fingerprint density at radius 1 is 1.75 bits per heavy atom. The maximum atomic E-state index is 11.1. The predicted molar refractivity (Wildman–Crippen MR) is 48.8 cm³/mol. The van der Waals surface area contributed by atoms with Gasteiger partial charge in [-0.05, 0) is 22.0 Å². The van der Waals surface area contributed by atoms with Crippen molar-refractivity contribution in [2.75, 3.05) is 6.61 Å². The molecule has 0 radical (unpaired) electrons. The first-order valence-electron chi connectivity index (χ1n) is 3.39. The standard InChI is InChI=1S/C7H9BrN2O2/c8-4-1-5(6(9)3-11)7(12)10-2-4/h1-2,6,11H,3,9H2,(H,10,12)/t6-/m1/s1. The third-order valence-electron chi connectivity index (χ3n) is 1.49. The van der Waals surface area contributed by atoms with Gasteiger partial charge >= 0.3 is 0 Å². The van der Waals surface area contributed by atoms with Crippen molar-refractivity contribution in [3.63, 3.8) is 0 Å². The molecule has 0 spiro atoms. The molecule has 66 valence electrons. The number of aliphatic hydroxyl groups is 1. The highest BCUT2D eigenvalue weighted by Gasteiger charge is 2.08. The van der Waals surface area contributed by atoms with Gasteiger partial charge in [-0.15, -0.1) is 0 Å². The van der Waals surface area contributed by atoms with Crippen LogP contribution in [0.5, 0.6) is 0 Å². The number of nitrogens with one attached hydrogen (secondary N) is 1. The number of hydrogen-bond acceptors (Lipinski definition) is 3. The van der Waals surface area contributed by atoms with E-state index in [1.165, 1.54) is 6.20 Å². The Morgan fingerprint density at radius 3 is 3.00 bits per heavy atom. The lowest BCUT2D eigenvalue weighted by atomic mass is 10.1. The highest BCUT2D eigenvalue weighted by Crippen LogP contribution is 2.10. The van der Waals surface area contributed by atoms with E-state index in [0.29, 0.717) is 5.56 Å². The molecule has 0 amide bonds. The molecule has 1 atom stereocenters.